The van der Waals surface area contributed by atoms with Crippen LogP contribution in [0.15, 0.2) is 24.4 Å². The molecule has 2 aromatic heterocycles. The van der Waals surface area contributed by atoms with Crippen molar-refractivity contribution >= 4 is 22.9 Å². The van der Waals surface area contributed by atoms with E-state index in [4.69, 9.17) is 0 Å². The molecule has 4 heterocycles. The Hall–Kier alpha value is -3.07. The highest BCUT2D eigenvalue weighted by atomic mass is 16.1. The average molecular weight is 378 g/mol. The summed E-state index contributed by atoms with van der Waals surface area (Å²) >= 11 is 0. The Morgan fingerprint density at radius 1 is 1.11 bits per heavy atom. The number of nitrogens with zero attached hydrogens (tertiary/aromatic N) is 6. The smallest absolute Gasteiger partial charge is 0.254 e. The van der Waals surface area contributed by atoms with Crippen LogP contribution in [0.5, 0.6) is 0 Å². The first-order valence-corrected chi connectivity index (χ1v) is 9.62. The number of aromatic amines is 1. The molecule has 1 fully saturated rings. The largest absolute Gasteiger partial charge is 0.352 e. The summed E-state index contributed by atoms with van der Waals surface area (Å²) in [5, 5.41) is 13.8. The molecule has 1 atom stereocenters. The van der Waals surface area contributed by atoms with E-state index >= 15 is 0 Å². The molecule has 9 nitrogen and oxygen atoms in total. The summed E-state index contributed by atoms with van der Waals surface area (Å²) in [7, 11) is 0. The maximum atomic E-state index is 11.9. The second kappa shape index (κ2) is 6.83. The van der Waals surface area contributed by atoms with Crippen LogP contribution in [0, 0.1) is 0 Å². The van der Waals surface area contributed by atoms with Gasteiger partial charge < -0.3 is 10.2 Å². The van der Waals surface area contributed by atoms with E-state index in [9.17, 15) is 4.79 Å². The van der Waals surface area contributed by atoms with Gasteiger partial charge in [0.2, 0.25) is 5.95 Å². The van der Waals surface area contributed by atoms with Crippen LogP contribution in [0.4, 0.5) is 5.95 Å². The van der Waals surface area contributed by atoms with Gasteiger partial charge in [-0.3, -0.25) is 9.69 Å². The Bertz CT molecular complexity index is 1020. The fourth-order valence-electron chi connectivity index (χ4n) is 3.97. The molecule has 3 aromatic rings. The molecule has 1 saturated heterocycles. The van der Waals surface area contributed by atoms with Crippen molar-refractivity contribution in [3.63, 3.8) is 0 Å². The molecule has 0 saturated carbocycles. The summed E-state index contributed by atoms with van der Waals surface area (Å²) in [4.78, 5) is 25.6. The van der Waals surface area contributed by atoms with Gasteiger partial charge in [-0.05, 0) is 24.6 Å². The van der Waals surface area contributed by atoms with Gasteiger partial charge in [-0.15, -0.1) is 0 Å². The number of amides is 1. The lowest BCUT2D eigenvalue weighted by Crippen LogP contribution is -2.48. The van der Waals surface area contributed by atoms with Crippen molar-refractivity contribution in [2.75, 3.05) is 37.6 Å². The van der Waals surface area contributed by atoms with Crippen molar-refractivity contribution in [1.29, 1.82) is 0 Å². The zero-order chi connectivity index (χ0) is 19.1. The predicted molar refractivity (Wildman–Crippen MR) is 104 cm³/mol. The SMILES string of the molecule is CC(c1ccc2n[nH]nc2c1)N1CCN(c2ncc3c(n2)CCNC3=O)CC1. The first-order valence-electron chi connectivity index (χ1n) is 9.62. The van der Waals surface area contributed by atoms with Crippen LogP contribution in [0.25, 0.3) is 11.0 Å². The molecule has 2 aliphatic rings. The highest BCUT2D eigenvalue weighted by molar-refractivity contribution is 5.96. The van der Waals surface area contributed by atoms with E-state index in [0.29, 0.717) is 18.2 Å². The fraction of sp³-hybridized carbons (Fsp3) is 0.421. The number of fused-ring (bicyclic) bond motifs is 2. The van der Waals surface area contributed by atoms with Crippen LogP contribution < -0.4 is 10.2 Å². The zero-order valence-corrected chi connectivity index (χ0v) is 15.7. The predicted octanol–water partition coefficient (Wildman–Crippen LogP) is 0.917. The van der Waals surface area contributed by atoms with Crippen molar-refractivity contribution in [2.45, 2.75) is 19.4 Å². The van der Waals surface area contributed by atoms with E-state index in [1.807, 2.05) is 6.07 Å². The third-order valence-corrected chi connectivity index (χ3v) is 5.71. The Balaban J connectivity index is 1.27. The Morgan fingerprint density at radius 3 is 2.79 bits per heavy atom. The molecular formula is C19H22N8O. The van der Waals surface area contributed by atoms with Gasteiger partial charge in [0.05, 0.1) is 11.3 Å². The Labute approximate surface area is 162 Å². The molecule has 0 aliphatic carbocycles. The van der Waals surface area contributed by atoms with Gasteiger partial charge in [-0.1, -0.05) is 6.07 Å². The topological polar surface area (TPSA) is 103 Å². The van der Waals surface area contributed by atoms with Crippen molar-refractivity contribution in [2.24, 2.45) is 0 Å². The maximum absolute atomic E-state index is 11.9. The summed E-state index contributed by atoms with van der Waals surface area (Å²) in [6, 6.07) is 6.54. The minimum atomic E-state index is -0.0736. The molecule has 1 amide bonds. The number of nitrogens with one attached hydrogen (secondary N) is 2. The van der Waals surface area contributed by atoms with Crippen LogP contribution in [0.1, 0.15) is 34.6 Å². The lowest BCUT2D eigenvalue weighted by atomic mass is 10.1. The van der Waals surface area contributed by atoms with Gasteiger partial charge in [0.15, 0.2) is 0 Å². The monoisotopic (exact) mass is 378 g/mol. The van der Waals surface area contributed by atoms with Crippen LogP contribution in [-0.4, -0.2) is 68.9 Å². The lowest BCUT2D eigenvalue weighted by molar-refractivity contribution is 0.0944. The lowest BCUT2D eigenvalue weighted by Gasteiger charge is -2.38. The average Bonchev–Trinajstić information content (AvgIpc) is 3.21. The molecule has 9 heteroatoms. The first kappa shape index (κ1) is 17.1. The van der Waals surface area contributed by atoms with Crippen molar-refractivity contribution < 1.29 is 4.79 Å². The number of rotatable bonds is 3. The van der Waals surface area contributed by atoms with Crippen molar-refractivity contribution in [3.05, 3.63) is 41.2 Å². The van der Waals surface area contributed by atoms with Crippen LogP contribution in [-0.2, 0) is 6.42 Å². The first-order chi connectivity index (χ1) is 13.7. The molecule has 0 spiro atoms. The van der Waals surface area contributed by atoms with Gasteiger partial charge in [-0.2, -0.15) is 15.4 Å². The summed E-state index contributed by atoms with van der Waals surface area (Å²) in [5.74, 6) is 0.653. The standard InChI is InChI=1S/C19H22N8O/c1-12(13-2-3-16-17(10-13)24-25-23-16)26-6-8-27(9-7-26)19-21-11-14-15(22-19)4-5-20-18(14)28/h2-3,10-12H,4-9H2,1H3,(H,20,28)(H,23,24,25). The van der Waals surface area contributed by atoms with E-state index < -0.39 is 0 Å². The summed E-state index contributed by atoms with van der Waals surface area (Å²) < 4.78 is 0. The minimum absolute atomic E-state index is 0.0736. The van der Waals surface area contributed by atoms with Crippen LogP contribution >= 0.6 is 0 Å². The quantitative estimate of drug-likeness (QED) is 0.698. The maximum Gasteiger partial charge on any atom is 0.254 e. The van der Waals surface area contributed by atoms with Crippen molar-refractivity contribution in [3.8, 4) is 0 Å². The van der Waals surface area contributed by atoms with Crippen molar-refractivity contribution in [1.82, 2.24) is 35.6 Å². The number of carbonyl (C=O) groups is 1. The number of benzene rings is 1. The summed E-state index contributed by atoms with van der Waals surface area (Å²) in [6.07, 6.45) is 2.42. The third-order valence-electron chi connectivity index (χ3n) is 5.71. The summed E-state index contributed by atoms with van der Waals surface area (Å²) in [5.41, 5.74) is 4.48. The number of hydrogen-bond acceptors (Lipinski definition) is 7. The molecule has 2 N–H and O–H groups in total. The Morgan fingerprint density at radius 2 is 1.93 bits per heavy atom. The van der Waals surface area contributed by atoms with E-state index in [2.05, 4.69) is 59.6 Å². The number of hydrogen-bond donors (Lipinski definition) is 2. The number of carbonyl (C=O) groups excluding carboxylic acids is 1. The summed E-state index contributed by atoms with van der Waals surface area (Å²) in [6.45, 7) is 6.45. The molecule has 1 unspecified atom stereocenters. The number of H-pyrrole nitrogens is 1. The molecule has 0 radical (unpaired) electrons. The van der Waals surface area contributed by atoms with Gasteiger partial charge in [0.1, 0.15) is 11.0 Å². The highest BCUT2D eigenvalue weighted by Gasteiger charge is 2.25. The molecule has 0 bridgehead atoms. The number of anilines is 1. The number of aromatic nitrogens is 5. The van der Waals surface area contributed by atoms with Crippen LogP contribution in [0.3, 0.4) is 0 Å². The van der Waals surface area contributed by atoms with E-state index in [0.717, 1.165) is 55.3 Å². The third kappa shape index (κ3) is 2.97. The van der Waals surface area contributed by atoms with E-state index in [1.54, 1.807) is 6.20 Å². The zero-order valence-electron chi connectivity index (χ0n) is 15.7. The van der Waals surface area contributed by atoms with Gasteiger partial charge in [0, 0.05) is 51.4 Å². The van der Waals surface area contributed by atoms with E-state index in [1.165, 1.54) is 5.56 Å². The Kier molecular flexibility index (Phi) is 4.16. The van der Waals surface area contributed by atoms with Gasteiger partial charge >= 0.3 is 0 Å². The normalized spacial score (nSPS) is 18.8. The molecular weight excluding hydrogens is 356 g/mol. The molecule has 2 aliphatic heterocycles. The highest BCUT2D eigenvalue weighted by Crippen LogP contribution is 2.25. The second-order valence-corrected chi connectivity index (χ2v) is 7.31. The molecule has 5 rings (SSSR count). The van der Waals surface area contributed by atoms with Gasteiger partial charge in [-0.25, -0.2) is 9.97 Å². The number of piperazine rings is 1. The molecule has 144 valence electrons. The molecule has 28 heavy (non-hydrogen) atoms. The fourth-order valence-corrected chi connectivity index (χ4v) is 3.97. The van der Waals surface area contributed by atoms with Gasteiger partial charge in [0.25, 0.3) is 5.91 Å². The van der Waals surface area contributed by atoms with Crippen LogP contribution in [0.2, 0.25) is 0 Å². The molecule has 1 aromatic carbocycles. The minimum Gasteiger partial charge on any atom is -0.352 e. The van der Waals surface area contributed by atoms with E-state index in [-0.39, 0.29) is 5.91 Å². The second-order valence-electron chi connectivity index (χ2n) is 7.31.